The lowest BCUT2D eigenvalue weighted by Gasteiger charge is -2.07. The molecular formula is C12H9FN2O3. The lowest BCUT2D eigenvalue weighted by atomic mass is 10.3. The minimum atomic E-state index is -1.06. The molecule has 1 N–H and O–H groups in total. The summed E-state index contributed by atoms with van der Waals surface area (Å²) in [4.78, 5) is 18.4. The number of hydrogen-bond acceptors (Lipinski definition) is 4. The first kappa shape index (κ1) is 12.0. The highest BCUT2D eigenvalue weighted by Crippen LogP contribution is 2.24. The van der Waals surface area contributed by atoms with Gasteiger partial charge in [0.1, 0.15) is 5.69 Å². The molecule has 0 radical (unpaired) electrons. The Kier molecular flexibility index (Phi) is 3.47. The van der Waals surface area contributed by atoms with Crippen LogP contribution in [-0.2, 0) is 11.2 Å². The van der Waals surface area contributed by atoms with Gasteiger partial charge in [0.05, 0.1) is 6.42 Å². The molecule has 0 saturated heterocycles. The smallest absolute Gasteiger partial charge is 0.309 e. The van der Waals surface area contributed by atoms with Crippen molar-refractivity contribution in [2.45, 2.75) is 6.42 Å². The van der Waals surface area contributed by atoms with Crippen LogP contribution in [0.3, 0.4) is 0 Å². The van der Waals surface area contributed by atoms with E-state index in [2.05, 4.69) is 9.97 Å². The van der Waals surface area contributed by atoms with Crippen LogP contribution in [-0.4, -0.2) is 21.0 Å². The predicted octanol–water partition coefficient (Wildman–Crippen LogP) is 2.04. The van der Waals surface area contributed by atoms with E-state index in [0.29, 0.717) is 0 Å². The third-order valence-corrected chi connectivity index (χ3v) is 2.10. The number of para-hydroxylation sites is 1. The summed E-state index contributed by atoms with van der Waals surface area (Å²) in [6.07, 6.45) is 2.37. The van der Waals surface area contributed by atoms with Gasteiger partial charge in [0, 0.05) is 12.4 Å². The third kappa shape index (κ3) is 2.79. The van der Waals surface area contributed by atoms with Crippen LogP contribution < -0.4 is 4.74 Å². The maximum absolute atomic E-state index is 13.4. The Morgan fingerprint density at radius 3 is 2.72 bits per heavy atom. The van der Waals surface area contributed by atoms with E-state index in [1.54, 1.807) is 6.07 Å². The Labute approximate surface area is 102 Å². The molecule has 0 aliphatic carbocycles. The average Bonchev–Trinajstić information content (AvgIpc) is 2.34. The fourth-order valence-corrected chi connectivity index (χ4v) is 1.34. The summed E-state index contributed by atoms with van der Waals surface area (Å²) >= 11 is 0. The first-order valence-electron chi connectivity index (χ1n) is 5.11. The number of aliphatic carboxylic acids is 1. The lowest BCUT2D eigenvalue weighted by Crippen LogP contribution is -2.05. The molecule has 6 heteroatoms. The molecule has 1 heterocycles. The maximum Gasteiger partial charge on any atom is 0.309 e. The van der Waals surface area contributed by atoms with E-state index in [9.17, 15) is 9.18 Å². The highest BCUT2D eigenvalue weighted by atomic mass is 19.1. The van der Waals surface area contributed by atoms with Crippen molar-refractivity contribution in [3.63, 3.8) is 0 Å². The molecule has 0 aliphatic heterocycles. The summed E-state index contributed by atoms with van der Waals surface area (Å²) in [6.45, 7) is 0. The average molecular weight is 248 g/mol. The van der Waals surface area contributed by atoms with Gasteiger partial charge in [-0.1, -0.05) is 12.1 Å². The highest BCUT2D eigenvalue weighted by molar-refractivity contribution is 5.70. The van der Waals surface area contributed by atoms with Crippen molar-refractivity contribution < 1.29 is 19.0 Å². The quantitative estimate of drug-likeness (QED) is 0.896. The fourth-order valence-electron chi connectivity index (χ4n) is 1.34. The summed E-state index contributed by atoms with van der Waals surface area (Å²) in [5.41, 5.74) is 0.147. The van der Waals surface area contributed by atoms with Crippen LogP contribution in [0.2, 0.25) is 0 Å². The van der Waals surface area contributed by atoms with Gasteiger partial charge in [-0.15, -0.1) is 0 Å². The van der Waals surface area contributed by atoms with E-state index >= 15 is 0 Å². The van der Waals surface area contributed by atoms with Crippen molar-refractivity contribution >= 4 is 5.97 Å². The van der Waals surface area contributed by atoms with Gasteiger partial charge in [-0.3, -0.25) is 9.78 Å². The molecule has 2 rings (SSSR count). The number of rotatable bonds is 4. The molecule has 0 unspecified atom stereocenters. The Balaban J connectivity index is 2.29. The van der Waals surface area contributed by atoms with E-state index in [1.165, 1.54) is 30.6 Å². The Morgan fingerprint density at radius 2 is 2.00 bits per heavy atom. The topological polar surface area (TPSA) is 72.3 Å². The maximum atomic E-state index is 13.4. The van der Waals surface area contributed by atoms with E-state index in [-0.39, 0.29) is 23.7 Å². The molecule has 0 spiro atoms. The molecular weight excluding hydrogens is 239 g/mol. The minimum absolute atomic E-state index is 0.00926. The van der Waals surface area contributed by atoms with E-state index in [4.69, 9.17) is 9.84 Å². The molecule has 92 valence electrons. The summed E-state index contributed by atoms with van der Waals surface area (Å²) in [5, 5.41) is 8.71. The Morgan fingerprint density at radius 1 is 1.28 bits per heavy atom. The fraction of sp³-hybridized carbons (Fsp3) is 0.0833. The predicted molar refractivity (Wildman–Crippen MR) is 59.8 cm³/mol. The van der Waals surface area contributed by atoms with Gasteiger partial charge >= 0.3 is 5.97 Å². The SMILES string of the molecule is O=C(O)Cc1nccnc1Oc1ccccc1F. The zero-order chi connectivity index (χ0) is 13.0. The number of carboxylic acids is 1. The molecule has 1 aromatic carbocycles. The number of ether oxygens (including phenoxy) is 1. The molecule has 5 nitrogen and oxygen atoms in total. The zero-order valence-electron chi connectivity index (χ0n) is 9.21. The zero-order valence-corrected chi connectivity index (χ0v) is 9.21. The molecule has 0 fully saturated rings. The molecule has 0 atom stereocenters. The minimum Gasteiger partial charge on any atom is -0.481 e. The second kappa shape index (κ2) is 5.22. The van der Waals surface area contributed by atoms with E-state index < -0.39 is 11.8 Å². The van der Waals surface area contributed by atoms with Crippen molar-refractivity contribution in [1.29, 1.82) is 0 Å². The number of aromatic nitrogens is 2. The second-order valence-corrected chi connectivity index (χ2v) is 3.41. The number of carbonyl (C=O) groups is 1. The molecule has 0 amide bonds. The van der Waals surface area contributed by atoms with Crippen LogP contribution in [0.5, 0.6) is 11.6 Å². The van der Waals surface area contributed by atoms with Crippen molar-refractivity contribution in [2.24, 2.45) is 0 Å². The number of halogens is 1. The number of nitrogens with zero attached hydrogens (tertiary/aromatic N) is 2. The Bertz CT molecular complexity index is 575. The number of hydrogen-bond donors (Lipinski definition) is 1. The summed E-state index contributed by atoms with van der Waals surface area (Å²) < 4.78 is 18.6. The van der Waals surface area contributed by atoms with Gasteiger partial charge in [0.25, 0.3) is 0 Å². The van der Waals surface area contributed by atoms with Crippen LogP contribution >= 0.6 is 0 Å². The number of benzene rings is 1. The summed E-state index contributed by atoms with van der Waals surface area (Å²) in [5.74, 6) is -1.65. The highest BCUT2D eigenvalue weighted by Gasteiger charge is 2.13. The summed E-state index contributed by atoms with van der Waals surface area (Å²) in [6, 6.07) is 5.79. The van der Waals surface area contributed by atoms with Crippen LogP contribution in [0.4, 0.5) is 4.39 Å². The summed E-state index contributed by atoms with van der Waals surface area (Å²) in [7, 11) is 0. The van der Waals surface area contributed by atoms with Crippen LogP contribution in [0.15, 0.2) is 36.7 Å². The molecule has 18 heavy (non-hydrogen) atoms. The third-order valence-electron chi connectivity index (χ3n) is 2.10. The van der Waals surface area contributed by atoms with Gasteiger partial charge < -0.3 is 9.84 Å². The molecule has 2 aromatic rings. The van der Waals surface area contributed by atoms with E-state index in [0.717, 1.165) is 0 Å². The van der Waals surface area contributed by atoms with Crippen LogP contribution in [0.1, 0.15) is 5.69 Å². The normalized spacial score (nSPS) is 10.1. The van der Waals surface area contributed by atoms with Crippen LogP contribution in [0, 0.1) is 5.82 Å². The largest absolute Gasteiger partial charge is 0.481 e. The first-order chi connectivity index (χ1) is 8.66. The van der Waals surface area contributed by atoms with Crippen molar-refractivity contribution in [2.75, 3.05) is 0 Å². The first-order valence-corrected chi connectivity index (χ1v) is 5.11. The van der Waals surface area contributed by atoms with Gasteiger partial charge in [-0.2, -0.15) is 0 Å². The molecule has 0 aliphatic rings. The van der Waals surface area contributed by atoms with E-state index in [1.807, 2.05) is 0 Å². The number of carboxylic acid groups (broad SMARTS) is 1. The monoisotopic (exact) mass is 248 g/mol. The van der Waals surface area contributed by atoms with Gasteiger partial charge in [-0.25, -0.2) is 9.37 Å². The standard InChI is InChI=1S/C12H9FN2O3/c13-8-3-1-2-4-10(8)18-12-9(7-11(16)17)14-5-6-15-12/h1-6H,7H2,(H,16,17). The molecule has 1 aromatic heterocycles. The molecule has 0 saturated carbocycles. The van der Waals surface area contributed by atoms with Crippen LogP contribution in [0.25, 0.3) is 0 Å². The van der Waals surface area contributed by atoms with Gasteiger partial charge in [0.15, 0.2) is 11.6 Å². The van der Waals surface area contributed by atoms with Crippen molar-refractivity contribution in [3.05, 3.63) is 48.2 Å². The van der Waals surface area contributed by atoms with Crippen molar-refractivity contribution in [1.82, 2.24) is 9.97 Å². The second-order valence-electron chi connectivity index (χ2n) is 3.41. The van der Waals surface area contributed by atoms with Gasteiger partial charge in [-0.05, 0) is 12.1 Å². The molecule has 0 bridgehead atoms. The lowest BCUT2D eigenvalue weighted by molar-refractivity contribution is -0.136. The Hall–Kier alpha value is -2.50. The van der Waals surface area contributed by atoms with Crippen molar-refractivity contribution in [3.8, 4) is 11.6 Å². The van der Waals surface area contributed by atoms with Gasteiger partial charge in [0.2, 0.25) is 5.88 Å².